The number of anilines is 3. The van der Waals surface area contributed by atoms with E-state index in [4.69, 9.17) is 9.97 Å². The summed E-state index contributed by atoms with van der Waals surface area (Å²) in [6, 6.07) is 42.0. The Kier molecular flexibility index (Phi) is 6.56. The number of rotatable bonds is 5. The Bertz CT molecular complexity index is 1560. The van der Waals surface area contributed by atoms with Gasteiger partial charge in [0.25, 0.3) is 0 Å². The molecule has 0 aliphatic rings. The molecular weight excluding hydrogens is 611 g/mol. The van der Waals surface area contributed by atoms with Crippen LogP contribution in [0.4, 0.5) is 17.2 Å². The molecule has 3 aromatic heterocycles. The zero-order chi connectivity index (χ0) is 22.7. The minimum atomic E-state index is 0. The van der Waals surface area contributed by atoms with Crippen molar-refractivity contribution in [3.05, 3.63) is 134 Å². The number of aromatic nitrogens is 3. The third-order valence-corrected chi connectivity index (χ3v) is 5.65. The Hall–Kier alpha value is -4.01. The van der Waals surface area contributed by atoms with Gasteiger partial charge in [-0.1, -0.05) is 66.9 Å². The Morgan fingerprint density at radius 1 is 0.686 bits per heavy atom. The first-order valence-corrected chi connectivity index (χ1v) is 11.1. The van der Waals surface area contributed by atoms with Crippen molar-refractivity contribution in [1.29, 1.82) is 0 Å². The van der Waals surface area contributed by atoms with E-state index in [2.05, 4.69) is 41.4 Å². The molecule has 0 saturated carbocycles. The summed E-state index contributed by atoms with van der Waals surface area (Å²) < 4.78 is 1.88. The maximum atomic E-state index is 4.93. The van der Waals surface area contributed by atoms with Crippen molar-refractivity contribution >= 4 is 28.1 Å². The van der Waals surface area contributed by atoms with Gasteiger partial charge in [0.1, 0.15) is 5.82 Å². The van der Waals surface area contributed by atoms with E-state index >= 15 is 0 Å². The minimum absolute atomic E-state index is 0. The molecule has 0 radical (unpaired) electrons. The molecule has 0 amide bonds. The van der Waals surface area contributed by atoms with Crippen molar-refractivity contribution in [1.82, 2.24) is 14.5 Å². The summed E-state index contributed by atoms with van der Waals surface area (Å²) in [4.78, 5) is 11.9. The van der Waals surface area contributed by atoms with Gasteiger partial charge in [0.05, 0.1) is 11.3 Å². The number of hydrogen-bond donors (Lipinski definition) is 0. The second-order valence-electron chi connectivity index (χ2n) is 7.87. The number of para-hydroxylation sites is 2. The summed E-state index contributed by atoms with van der Waals surface area (Å²) in [5.74, 6) is 1.60. The van der Waals surface area contributed by atoms with Crippen LogP contribution in [0.15, 0.2) is 121 Å². The van der Waals surface area contributed by atoms with Crippen molar-refractivity contribution < 1.29 is 21.1 Å². The number of nitrogens with zero attached hydrogens (tertiary/aromatic N) is 4. The molecule has 0 fully saturated rings. The van der Waals surface area contributed by atoms with Crippen molar-refractivity contribution in [3.63, 3.8) is 0 Å². The first kappa shape index (κ1) is 22.8. The molecule has 0 aliphatic carbocycles. The quantitative estimate of drug-likeness (QED) is 0.190. The number of fused-ring (bicyclic) bond motifs is 1. The second kappa shape index (κ2) is 10.1. The molecule has 0 bridgehead atoms. The molecule has 0 aliphatic heterocycles. The van der Waals surface area contributed by atoms with Crippen molar-refractivity contribution in [3.8, 4) is 17.1 Å². The third-order valence-electron chi connectivity index (χ3n) is 5.65. The predicted molar refractivity (Wildman–Crippen MR) is 137 cm³/mol. The Balaban J connectivity index is 0.00000253. The van der Waals surface area contributed by atoms with Crippen molar-refractivity contribution in [2.45, 2.75) is 0 Å². The van der Waals surface area contributed by atoms with Gasteiger partial charge in [-0.15, -0.1) is 42.1 Å². The molecule has 3 aromatic carbocycles. The summed E-state index contributed by atoms with van der Waals surface area (Å²) in [6.45, 7) is 0. The van der Waals surface area contributed by atoms with Crippen LogP contribution in [0.3, 0.4) is 0 Å². The van der Waals surface area contributed by atoms with Crippen LogP contribution in [0, 0.1) is 12.3 Å². The van der Waals surface area contributed by atoms with E-state index in [-0.39, 0.29) is 21.1 Å². The number of hydrogen-bond acceptors (Lipinski definition) is 3. The summed E-state index contributed by atoms with van der Waals surface area (Å²) in [5.41, 5.74) is 4.68. The van der Waals surface area contributed by atoms with Crippen LogP contribution in [0.5, 0.6) is 0 Å². The average molecular weight is 632 g/mol. The molecule has 170 valence electrons. The van der Waals surface area contributed by atoms with E-state index < -0.39 is 0 Å². The normalized spacial score (nSPS) is 10.6. The summed E-state index contributed by atoms with van der Waals surface area (Å²) in [6.07, 6.45) is 5.11. The van der Waals surface area contributed by atoms with Crippen LogP contribution in [0.2, 0.25) is 0 Å². The minimum Gasteiger partial charge on any atom is -0.436 e. The molecular formula is C30H20N4Pt. The maximum absolute atomic E-state index is 4.93. The SMILES string of the molecule is [Pt+2].[c-]1c(-c2ccc3ccccc3n2)cccc1N(c1ccccc1)c1cccc(-n2[c-]ccc2)n1. The zero-order valence-corrected chi connectivity index (χ0v) is 20.9. The molecule has 3 heterocycles. The summed E-state index contributed by atoms with van der Waals surface area (Å²) in [5, 5.41) is 1.12. The van der Waals surface area contributed by atoms with Gasteiger partial charge in [-0.25, -0.2) is 0 Å². The van der Waals surface area contributed by atoms with E-state index in [0.717, 1.165) is 45.2 Å². The molecule has 0 atom stereocenters. The monoisotopic (exact) mass is 631 g/mol. The molecule has 6 aromatic rings. The van der Waals surface area contributed by atoms with Crippen molar-refractivity contribution in [2.75, 3.05) is 4.90 Å². The van der Waals surface area contributed by atoms with Gasteiger partial charge in [-0.2, -0.15) is 6.07 Å². The third kappa shape index (κ3) is 4.66. The van der Waals surface area contributed by atoms with E-state index in [1.807, 2.05) is 102 Å². The van der Waals surface area contributed by atoms with Crippen LogP contribution in [-0.4, -0.2) is 14.5 Å². The Morgan fingerprint density at radius 2 is 1.51 bits per heavy atom. The van der Waals surface area contributed by atoms with Crippen molar-refractivity contribution in [2.24, 2.45) is 0 Å². The van der Waals surface area contributed by atoms with Crippen LogP contribution < -0.4 is 4.90 Å². The molecule has 0 unspecified atom stereocenters. The second-order valence-corrected chi connectivity index (χ2v) is 7.87. The van der Waals surface area contributed by atoms with Gasteiger partial charge in [0.15, 0.2) is 0 Å². The molecule has 35 heavy (non-hydrogen) atoms. The van der Waals surface area contributed by atoms with Crippen LogP contribution in [-0.2, 0) is 21.1 Å². The smallest absolute Gasteiger partial charge is 0.436 e. The van der Waals surface area contributed by atoms with E-state index in [9.17, 15) is 0 Å². The fourth-order valence-electron chi connectivity index (χ4n) is 4.03. The number of benzene rings is 3. The molecule has 5 heteroatoms. The van der Waals surface area contributed by atoms with Gasteiger partial charge < -0.3 is 9.47 Å². The van der Waals surface area contributed by atoms with Gasteiger partial charge in [0.2, 0.25) is 0 Å². The molecule has 0 saturated heterocycles. The summed E-state index contributed by atoms with van der Waals surface area (Å²) in [7, 11) is 0. The Morgan fingerprint density at radius 3 is 2.37 bits per heavy atom. The summed E-state index contributed by atoms with van der Waals surface area (Å²) >= 11 is 0. The molecule has 0 spiro atoms. The fourth-order valence-corrected chi connectivity index (χ4v) is 4.03. The van der Waals surface area contributed by atoms with Crippen LogP contribution >= 0.6 is 0 Å². The van der Waals surface area contributed by atoms with Gasteiger partial charge >= 0.3 is 21.1 Å². The van der Waals surface area contributed by atoms with Crippen LogP contribution in [0.1, 0.15) is 0 Å². The van der Waals surface area contributed by atoms with E-state index in [1.165, 1.54) is 0 Å². The molecule has 6 rings (SSSR count). The average Bonchev–Trinajstić information content (AvgIpc) is 3.45. The van der Waals surface area contributed by atoms with Gasteiger partial charge in [-0.3, -0.25) is 9.97 Å². The topological polar surface area (TPSA) is 34.0 Å². The predicted octanol–water partition coefficient (Wildman–Crippen LogP) is 7.16. The maximum Gasteiger partial charge on any atom is 2.00 e. The zero-order valence-electron chi connectivity index (χ0n) is 18.7. The molecule has 0 N–H and O–H groups in total. The van der Waals surface area contributed by atoms with E-state index in [0.29, 0.717) is 0 Å². The standard InChI is InChI=1S/C30H20N4.Pt/c1-2-12-25(13-3-1)34(30-17-9-16-29(32-30)33-20-6-7-21-33)26-14-8-11-24(22-26)28-19-18-23-10-4-5-15-27(23)31-28;/h1-20H;/q-2;+2. The van der Waals surface area contributed by atoms with E-state index in [1.54, 1.807) is 0 Å². The van der Waals surface area contributed by atoms with Gasteiger partial charge in [-0.05, 0) is 41.0 Å². The Labute approximate surface area is 218 Å². The first-order valence-electron chi connectivity index (χ1n) is 11.1. The van der Waals surface area contributed by atoms with Crippen LogP contribution in [0.25, 0.3) is 28.0 Å². The largest absolute Gasteiger partial charge is 2.00 e. The van der Waals surface area contributed by atoms with Gasteiger partial charge in [0, 0.05) is 5.69 Å². The fraction of sp³-hybridized carbons (Fsp3) is 0. The molecule has 4 nitrogen and oxygen atoms in total. The first-order chi connectivity index (χ1) is 16.8. The number of pyridine rings is 2.